The third-order valence-electron chi connectivity index (χ3n) is 3.93. The van der Waals surface area contributed by atoms with Crippen LogP contribution < -0.4 is 10.2 Å². The number of nitrogens with zero attached hydrogens (tertiary/aromatic N) is 3. The summed E-state index contributed by atoms with van der Waals surface area (Å²) in [7, 11) is 0. The van der Waals surface area contributed by atoms with E-state index in [0.717, 1.165) is 25.5 Å². The van der Waals surface area contributed by atoms with Crippen LogP contribution in [0.25, 0.3) is 6.08 Å². The summed E-state index contributed by atoms with van der Waals surface area (Å²) in [5, 5.41) is 11.5. The molecule has 0 radical (unpaired) electrons. The predicted molar refractivity (Wildman–Crippen MR) is 75.6 cm³/mol. The van der Waals surface area contributed by atoms with Crippen LogP contribution in [-0.4, -0.2) is 46.1 Å². The molecule has 0 aliphatic carbocycles. The summed E-state index contributed by atoms with van der Waals surface area (Å²) in [5.41, 5.74) is 0.635. The highest BCUT2D eigenvalue weighted by molar-refractivity contribution is 5.85. The zero-order valence-corrected chi connectivity index (χ0v) is 11.4. The molecule has 7 nitrogen and oxygen atoms in total. The number of aliphatic carboxylic acids is 1. The van der Waals surface area contributed by atoms with E-state index in [1.807, 2.05) is 0 Å². The Hall–Kier alpha value is -2.44. The predicted octanol–water partition coefficient (Wildman–Crippen LogP) is 0.289. The van der Waals surface area contributed by atoms with E-state index >= 15 is 0 Å². The summed E-state index contributed by atoms with van der Waals surface area (Å²) >= 11 is 0. The molecule has 21 heavy (non-hydrogen) atoms. The van der Waals surface area contributed by atoms with Crippen molar-refractivity contribution in [3.8, 4) is 0 Å². The number of aromatic nitrogens is 2. The molecular formula is C14H16N4O3. The van der Waals surface area contributed by atoms with E-state index in [0.29, 0.717) is 18.1 Å². The van der Waals surface area contributed by atoms with E-state index in [-0.39, 0.29) is 17.9 Å². The highest BCUT2D eigenvalue weighted by Gasteiger charge is 2.41. The van der Waals surface area contributed by atoms with Gasteiger partial charge in [-0.2, -0.15) is 0 Å². The van der Waals surface area contributed by atoms with Crippen LogP contribution >= 0.6 is 0 Å². The first-order chi connectivity index (χ1) is 10.1. The molecule has 2 unspecified atom stereocenters. The number of hydrogen-bond donors (Lipinski definition) is 2. The van der Waals surface area contributed by atoms with E-state index in [2.05, 4.69) is 20.2 Å². The fourth-order valence-corrected chi connectivity index (χ4v) is 2.93. The second-order valence-corrected chi connectivity index (χ2v) is 5.24. The lowest BCUT2D eigenvalue weighted by Crippen LogP contribution is -2.46. The quantitative estimate of drug-likeness (QED) is 0.776. The lowest BCUT2D eigenvalue weighted by molar-refractivity contribution is -0.131. The van der Waals surface area contributed by atoms with Gasteiger partial charge >= 0.3 is 5.97 Å². The first-order valence-corrected chi connectivity index (χ1v) is 6.92. The van der Waals surface area contributed by atoms with Crippen molar-refractivity contribution in [2.75, 3.05) is 18.0 Å². The maximum Gasteiger partial charge on any atom is 0.328 e. The number of rotatable bonds is 3. The zero-order chi connectivity index (χ0) is 14.8. The van der Waals surface area contributed by atoms with Crippen molar-refractivity contribution in [3.05, 3.63) is 24.0 Å². The summed E-state index contributed by atoms with van der Waals surface area (Å²) in [6.07, 6.45) is 7.54. The molecule has 110 valence electrons. The zero-order valence-electron chi connectivity index (χ0n) is 11.4. The molecule has 2 aliphatic heterocycles. The first kappa shape index (κ1) is 13.5. The van der Waals surface area contributed by atoms with Gasteiger partial charge in [0, 0.05) is 37.1 Å². The molecule has 7 heteroatoms. The van der Waals surface area contributed by atoms with Crippen LogP contribution in [-0.2, 0) is 9.59 Å². The average Bonchev–Trinajstić information content (AvgIpc) is 2.87. The van der Waals surface area contributed by atoms with Crippen molar-refractivity contribution in [1.82, 2.24) is 15.3 Å². The minimum absolute atomic E-state index is 0.0222. The monoisotopic (exact) mass is 288 g/mol. The average molecular weight is 288 g/mol. The Bertz CT molecular complexity index is 584. The molecule has 1 aromatic rings. The number of anilines is 1. The van der Waals surface area contributed by atoms with E-state index in [4.69, 9.17) is 5.11 Å². The summed E-state index contributed by atoms with van der Waals surface area (Å²) in [5.74, 6) is -0.276. The molecule has 2 aliphatic rings. The van der Waals surface area contributed by atoms with Gasteiger partial charge in [0.1, 0.15) is 0 Å². The molecule has 2 atom stereocenters. The van der Waals surface area contributed by atoms with Gasteiger partial charge < -0.3 is 15.3 Å². The molecule has 0 saturated carbocycles. The Labute approximate surface area is 121 Å². The minimum atomic E-state index is -1.01. The van der Waals surface area contributed by atoms with E-state index in [1.54, 1.807) is 12.4 Å². The number of hydrogen-bond acceptors (Lipinski definition) is 5. The molecule has 2 fully saturated rings. The number of piperidine rings is 1. The molecule has 2 N–H and O–H groups in total. The lowest BCUT2D eigenvalue weighted by Gasteiger charge is -2.35. The molecule has 0 spiro atoms. The smallest absolute Gasteiger partial charge is 0.328 e. The summed E-state index contributed by atoms with van der Waals surface area (Å²) < 4.78 is 0. The maximum absolute atomic E-state index is 11.7. The molecule has 1 amide bonds. The molecule has 2 saturated heterocycles. The third kappa shape index (κ3) is 2.72. The van der Waals surface area contributed by atoms with Crippen molar-refractivity contribution in [2.24, 2.45) is 5.92 Å². The number of nitrogens with one attached hydrogen (secondary N) is 1. The summed E-state index contributed by atoms with van der Waals surface area (Å²) in [4.78, 5) is 32.9. The molecule has 3 heterocycles. The third-order valence-corrected chi connectivity index (χ3v) is 3.93. The SMILES string of the molecule is O=C(O)/C=C/c1cnc(N2CCCC3C(=O)NCC32)nc1. The normalized spacial score (nSPS) is 25.0. The van der Waals surface area contributed by atoms with Crippen LogP contribution in [0.4, 0.5) is 5.95 Å². The van der Waals surface area contributed by atoms with Gasteiger partial charge in [0.2, 0.25) is 11.9 Å². The molecule has 0 bridgehead atoms. The molecule has 3 rings (SSSR count). The summed E-state index contributed by atoms with van der Waals surface area (Å²) in [6, 6.07) is 0.117. The second-order valence-electron chi connectivity index (χ2n) is 5.24. The van der Waals surface area contributed by atoms with Gasteiger partial charge in [-0.3, -0.25) is 4.79 Å². The Morgan fingerprint density at radius 1 is 1.43 bits per heavy atom. The topological polar surface area (TPSA) is 95.4 Å². The number of amides is 1. The highest BCUT2D eigenvalue weighted by atomic mass is 16.4. The minimum Gasteiger partial charge on any atom is -0.478 e. The van der Waals surface area contributed by atoms with Gasteiger partial charge in [0.15, 0.2) is 0 Å². The van der Waals surface area contributed by atoms with Crippen LogP contribution in [0.15, 0.2) is 18.5 Å². The van der Waals surface area contributed by atoms with Gasteiger partial charge in [-0.15, -0.1) is 0 Å². The Kier molecular flexibility index (Phi) is 3.55. The Morgan fingerprint density at radius 2 is 2.19 bits per heavy atom. The number of carbonyl (C=O) groups excluding carboxylic acids is 1. The lowest BCUT2D eigenvalue weighted by atomic mass is 9.92. The van der Waals surface area contributed by atoms with Crippen molar-refractivity contribution >= 4 is 23.9 Å². The van der Waals surface area contributed by atoms with Crippen LogP contribution in [0.5, 0.6) is 0 Å². The van der Waals surface area contributed by atoms with Gasteiger partial charge in [-0.1, -0.05) is 0 Å². The maximum atomic E-state index is 11.7. The van der Waals surface area contributed by atoms with E-state index in [1.165, 1.54) is 6.08 Å². The molecular weight excluding hydrogens is 272 g/mol. The van der Waals surface area contributed by atoms with E-state index < -0.39 is 5.97 Å². The van der Waals surface area contributed by atoms with Crippen molar-refractivity contribution in [1.29, 1.82) is 0 Å². The first-order valence-electron chi connectivity index (χ1n) is 6.92. The Morgan fingerprint density at radius 3 is 2.90 bits per heavy atom. The van der Waals surface area contributed by atoms with Crippen molar-refractivity contribution < 1.29 is 14.7 Å². The van der Waals surface area contributed by atoms with Crippen LogP contribution in [0.3, 0.4) is 0 Å². The van der Waals surface area contributed by atoms with Gasteiger partial charge in [-0.25, -0.2) is 14.8 Å². The van der Waals surface area contributed by atoms with E-state index in [9.17, 15) is 9.59 Å². The fraction of sp³-hybridized carbons (Fsp3) is 0.429. The fourth-order valence-electron chi connectivity index (χ4n) is 2.93. The molecule has 0 aromatic carbocycles. The van der Waals surface area contributed by atoms with Crippen LogP contribution in [0.1, 0.15) is 18.4 Å². The summed E-state index contributed by atoms with van der Waals surface area (Å²) in [6.45, 7) is 1.47. The van der Waals surface area contributed by atoms with Crippen LogP contribution in [0, 0.1) is 5.92 Å². The highest BCUT2D eigenvalue weighted by Crippen LogP contribution is 2.29. The molecule has 1 aromatic heterocycles. The largest absolute Gasteiger partial charge is 0.478 e. The number of fused-ring (bicyclic) bond motifs is 1. The second kappa shape index (κ2) is 5.51. The number of carboxylic acid groups (broad SMARTS) is 1. The van der Waals surface area contributed by atoms with Gasteiger partial charge in [0.05, 0.1) is 12.0 Å². The Balaban J connectivity index is 1.77. The van der Waals surface area contributed by atoms with Gasteiger partial charge in [-0.05, 0) is 18.9 Å². The van der Waals surface area contributed by atoms with Crippen molar-refractivity contribution in [3.63, 3.8) is 0 Å². The number of carboxylic acids is 1. The standard InChI is InChI=1S/C14H16N4O3/c19-12(20)4-3-9-6-16-14(17-7-9)18-5-1-2-10-11(18)8-15-13(10)21/h3-4,6-7,10-11H,1-2,5,8H2,(H,15,21)(H,19,20)/b4-3+. The number of carbonyl (C=O) groups is 2. The van der Waals surface area contributed by atoms with Gasteiger partial charge in [0.25, 0.3) is 0 Å². The van der Waals surface area contributed by atoms with Crippen LogP contribution in [0.2, 0.25) is 0 Å². The van der Waals surface area contributed by atoms with Crippen molar-refractivity contribution in [2.45, 2.75) is 18.9 Å².